The second-order valence-electron chi connectivity index (χ2n) is 6.97. The minimum atomic E-state index is -3.99. The number of nitrogens with zero attached hydrogens (tertiary/aromatic N) is 1. The molecule has 0 amide bonds. The van der Waals surface area contributed by atoms with Crippen LogP contribution in [0.15, 0.2) is 51.8 Å². The lowest BCUT2D eigenvalue weighted by atomic mass is 10.1. The van der Waals surface area contributed by atoms with Crippen LogP contribution in [-0.2, 0) is 10.0 Å². The first-order valence-corrected chi connectivity index (χ1v) is 11.4. The Labute approximate surface area is 183 Å². The van der Waals surface area contributed by atoms with Crippen molar-refractivity contribution in [2.24, 2.45) is 0 Å². The Morgan fingerprint density at radius 1 is 1.13 bits per heavy atom. The molecule has 3 aromatic rings. The molecule has 0 bridgehead atoms. The predicted octanol–water partition coefficient (Wildman–Crippen LogP) is 4.39. The van der Waals surface area contributed by atoms with Crippen LogP contribution in [0.4, 0.5) is 5.69 Å². The largest absolute Gasteiger partial charge is 0.475 e. The van der Waals surface area contributed by atoms with Gasteiger partial charge in [0.05, 0.1) is 15.6 Å². The van der Waals surface area contributed by atoms with Crippen LogP contribution in [0.25, 0.3) is 11.0 Å². The molecule has 2 N–H and O–H groups in total. The van der Waals surface area contributed by atoms with Crippen LogP contribution < -0.4 is 9.62 Å². The van der Waals surface area contributed by atoms with Gasteiger partial charge in [0.25, 0.3) is 10.0 Å². The van der Waals surface area contributed by atoms with Gasteiger partial charge >= 0.3 is 5.97 Å². The number of halogens is 2. The van der Waals surface area contributed by atoms with E-state index in [1.54, 1.807) is 18.2 Å². The first-order chi connectivity index (χ1) is 14.3. The Morgan fingerprint density at radius 3 is 2.53 bits per heavy atom. The van der Waals surface area contributed by atoms with Crippen molar-refractivity contribution in [1.29, 1.82) is 0 Å². The van der Waals surface area contributed by atoms with Gasteiger partial charge in [-0.25, -0.2) is 13.2 Å². The molecule has 7 nitrogen and oxygen atoms in total. The van der Waals surface area contributed by atoms with Crippen molar-refractivity contribution in [3.05, 3.63) is 58.3 Å². The monoisotopic (exact) mass is 468 g/mol. The van der Waals surface area contributed by atoms with Crippen LogP contribution in [0, 0.1) is 0 Å². The number of benzene rings is 2. The van der Waals surface area contributed by atoms with E-state index in [0.717, 1.165) is 0 Å². The maximum Gasteiger partial charge on any atom is 0.371 e. The van der Waals surface area contributed by atoms with E-state index >= 15 is 0 Å². The number of nitrogens with one attached hydrogen (secondary N) is 1. The van der Waals surface area contributed by atoms with Gasteiger partial charge in [0, 0.05) is 22.5 Å². The molecule has 1 saturated heterocycles. The number of furan rings is 1. The lowest BCUT2D eigenvalue weighted by molar-refractivity contribution is 0.0665. The van der Waals surface area contributed by atoms with Crippen LogP contribution in [0.2, 0.25) is 10.0 Å². The van der Waals surface area contributed by atoms with Crippen LogP contribution in [0.5, 0.6) is 0 Å². The third-order valence-electron chi connectivity index (χ3n) is 5.06. The van der Waals surface area contributed by atoms with E-state index in [1.165, 1.54) is 28.6 Å². The van der Waals surface area contributed by atoms with Gasteiger partial charge in [0.1, 0.15) is 5.58 Å². The SMILES string of the molecule is O=C(O)c1cc2c(Cl)c(N(C3CCNCC3)S(=O)(=O)c3cccc(Cl)c3)ccc2o1. The quantitative estimate of drug-likeness (QED) is 0.575. The molecule has 0 saturated carbocycles. The van der Waals surface area contributed by atoms with Gasteiger partial charge in [-0.1, -0.05) is 29.3 Å². The second-order valence-corrected chi connectivity index (χ2v) is 9.60. The smallest absolute Gasteiger partial charge is 0.371 e. The van der Waals surface area contributed by atoms with Crippen molar-refractivity contribution >= 4 is 55.9 Å². The number of sulfonamides is 1. The third kappa shape index (κ3) is 3.76. The van der Waals surface area contributed by atoms with E-state index in [1.807, 2.05) is 0 Å². The number of carbonyl (C=O) groups is 1. The van der Waals surface area contributed by atoms with Gasteiger partial charge in [-0.3, -0.25) is 4.31 Å². The summed E-state index contributed by atoms with van der Waals surface area (Å²) >= 11 is 12.6. The van der Waals surface area contributed by atoms with Gasteiger partial charge in [0.2, 0.25) is 5.76 Å². The van der Waals surface area contributed by atoms with Crippen LogP contribution in [0.3, 0.4) is 0 Å². The predicted molar refractivity (Wildman–Crippen MR) is 115 cm³/mol. The molecule has 0 spiro atoms. The average molecular weight is 469 g/mol. The third-order valence-corrected chi connectivity index (χ3v) is 7.55. The fourth-order valence-corrected chi connectivity index (χ4v) is 6.02. The lowest BCUT2D eigenvalue weighted by Crippen LogP contribution is -2.46. The van der Waals surface area contributed by atoms with Crippen molar-refractivity contribution in [2.45, 2.75) is 23.8 Å². The normalized spacial score (nSPS) is 15.4. The van der Waals surface area contributed by atoms with Crippen molar-refractivity contribution in [2.75, 3.05) is 17.4 Å². The summed E-state index contributed by atoms with van der Waals surface area (Å²) in [6.07, 6.45) is 1.19. The van der Waals surface area contributed by atoms with Crippen LogP contribution in [0.1, 0.15) is 23.4 Å². The van der Waals surface area contributed by atoms with E-state index in [0.29, 0.717) is 36.3 Å². The number of rotatable bonds is 5. The summed E-state index contributed by atoms with van der Waals surface area (Å²) in [6.45, 7) is 1.34. The molecule has 158 valence electrons. The van der Waals surface area contributed by atoms with Crippen molar-refractivity contribution in [3.63, 3.8) is 0 Å². The van der Waals surface area contributed by atoms with Gasteiger partial charge in [-0.05, 0) is 56.3 Å². The molecular formula is C20H18Cl2N2O5S. The van der Waals surface area contributed by atoms with Gasteiger partial charge in [-0.2, -0.15) is 0 Å². The maximum atomic E-state index is 13.7. The summed E-state index contributed by atoms with van der Waals surface area (Å²) in [5, 5.41) is 13.2. The summed E-state index contributed by atoms with van der Waals surface area (Å²) in [4.78, 5) is 11.3. The highest BCUT2D eigenvalue weighted by Crippen LogP contribution is 2.40. The van der Waals surface area contributed by atoms with Crippen LogP contribution in [-0.4, -0.2) is 38.6 Å². The van der Waals surface area contributed by atoms with E-state index in [2.05, 4.69) is 5.32 Å². The van der Waals surface area contributed by atoms with E-state index in [-0.39, 0.29) is 33.0 Å². The topological polar surface area (TPSA) is 99.9 Å². The van der Waals surface area contributed by atoms with Gasteiger partial charge < -0.3 is 14.8 Å². The average Bonchev–Trinajstić information content (AvgIpc) is 3.16. The van der Waals surface area contributed by atoms with E-state index in [4.69, 9.17) is 27.6 Å². The molecule has 1 aliphatic rings. The van der Waals surface area contributed by atoms with E-state index in [9.17, 15) is 18.3 Å². The number of aromatic carboxylic acids is 1. The molecule has 0 unspecified atom stereocenters. The molecule has 1 aromatic heterocycles. The molecule has 1 aliphatic heterocycles. The fourth-order valence-electron chi connectivity index (χ4n) is 3.65. The minimum absolute atomic E-state index is 0.0584. The molecule has 0 aliphatic carbocycles. The van der Waals surface area contributed by atoms with Crippen LogP contribution >= 0.6 is 23.2 Å². The van der Waals surface area contributed by atoms with E-state index < -0.39 is 16.0 Å². The molecule has 10 heteroatoms. The fraction of sp³-hybridized carbons (Fsp3) is 0.250. The van der Waals surface area contributed by atoms with Crippen molar-refractivity contribution in [1.82, 2.24) is 5.32 Å². The highest BCUT2D eigenvalue weighted by atomic mass is 35.5. The Bertz CT molecular complexity index is 1220. The molecule has 30 heavy (non-hydrogen) atoms. The number of hydrogen-bond acceptors (Lipinski definition) is 5. The zero-order valence-corrected chi connectivity index (χ0v) is 18.0. The summed E-state index contributed by atoms with van der Waals surface area (Å²) in [5.74, 6) is -1.50. The Morgan fingerprint density at radius 2 is 1.87 bits per heavy atom. The Kier molecular flexibility index (Phi) is 5.67. The maximum absolute atomic E-state index is 13.7. The van der Waals surface area contributed by atoms with Crippen molar-refractivity contribution < 1.29 is 22.7 Å². The van der Waals surface area contributed by atoms with Gasteiger partial charge in [0.15, 0.2) is 0 Å². The summed E-state index contributed by atoms with van der Waals surface area (Å²) in [7, 11) is -3.99. The molecule has 4 rings (SSSR count). The summed E-state index contributed by atoms with van der Waals surface area (Å²) < 4.78 is 33.9. The molecule has 0 radical (unpaired) electrons. The number of anilines is 1. The molecule has 1 fully saturated rings. The number of hydrogen-bond donors (Lipinski definition) is 2. The lowest BCUT2D eigenvalue weighted by Gasteiger charge is -2.36. The zero-order valence-electron chi connectivity index (χ0n) is 15.6. The highest BCUT2D eigenvalue weighted by molar-refractivity contribution is 7.92. The molecule has 2 aromatic carbocycles. The summed E-state index contributed by atoms with van der Waals surface area (Å²) in [5.41, 5.74) is 0.542. The highest BCUT2D eigenvalue weighted by Gasteiger charge is 2.34. The standard InChI is InChI=1S/C20H18Cl2N2O5S/c21-12-2-1-3-14(10-12)30(27,28)24(13-6-8-23-9-7-13)16-4-5-17-15(19(16)22)11-18(29-17)20(25)26/h1-5,10-11,13,23H,6-9H2,(H,25,26). The number of carboxylic acid groups (broad SMARTS) is 1. The first kappa shape index (κ1) is 21.0. The molecular weight excluding hydrogens is 451 g/mol. The van der Waals surface area contributed by atoms with Gasteiger partial charge in [-0.15, -0.1) is 0 Å². The number of fused-ring (bicyclic) bond motifs is 1. The number of piperidine rings is 1. The molecule has 2 heterocycles. The molecule has 0 atom stereocenters. The number of carboxylic acids is 1. The zero-order chi connectivity index (χ0) is 21.5. The first-order valence-electron chi connectivity index (χ1n) is 9.25. The Balaban J connectivity index is 1.90. The second kappa shape index (κ2) is 8.11. The Hall–Kier alpha value is -2.26. The van der Waals surface area contributed by atoms with Crippen molar-refractivity contribution in [3.8, 4) is 0 Å². The minimum Gasteiger partial charge on any atom is -0.475 e. The summed E-state index contributed by atoms with van der Waals surface area (Å²) in [6, 6.07) is 10.1.